The molecular weight excluding hydrogens is 295 g/mol. The summed E-state index contributed by atoms with van der Waals surface area (Å²) in [4.78, 5) is 12.3. The second-order valence-electron chi connectivity index (χ2n) is 4.41. The lowest BCUT2D eigenvalue weighted by atomic mass is 10.0. The predicted octanol–water partition coefficient (Wildman–Crippen LogP) is 3.92. The molecule has 0 aliphatic heterocycles. The minimum absolute atomic E-state index is 0.0199. The van der Waals surface area contributed by atoms with Gasteiger partial charge in [0.05, 0.1) is 14.2 Å². The van der Waals surface area contributed by atoms with E-state index in [1.165, 1.54) is 32.4 Å². The normalized spacial score (nSPS) is 10.3. The molecule has 2 rings (SSSR count). The van der Waals surface area contributed by atoms with Gasteiger partial charge in [0.1, 0.15) is 5.82 Å². The second-order valence-corrected chi connectivity index (χ2v) is 4.81. The van der Waals surface area contributed by atoms with E-state index in [9.17, 15) is 9.18 Å². The van der Waals surface area contributed by atoms with Gasteiger partial charge in [0.15, 0.2) is 17.3 Å². The lowest BCUT2D eigenvalue weighted by molar-refractivity contribution is 0.0992. The van der Waals surface area contributed by atoms with Gasteiger partial charge in [0.25, 0.3) is 0 Å². The average Bonchev–Trinajstić information content (AvgIpc) is 2.50. The van der Waals surface area contributed by atoms with Crippen LogP contribution in [-0.4, -0.2) is 20.0 Å². The summed E-state index contributed by atoms with van der Waals surface area (Å²) >= 11 is 5.97. The maximum absolute atomic E-state index is 13.2. The highest BCUT2D eigenvalue weighted by molar-refractivity contribution is 6.31. The fourth-order valence-corrected chi connectivity index (χ4v) is 2.15. The second kappa shape index (κ2) is 6.59. The summed E-state index contributed by atoms with van der Waals surface area (Å²) < 4.78 is 23.5. The van der Waals surface area contributed by atoms with E-state index in [1.807, 2.05) is 0 Å². The lowest BCUT2D eigenvalue weighted by Crippen LogP contribution is -2.05. The van der Waals surface area contributed by atoms with Gasteiger partial charge in [-0.2, -0.15) is 0 Å². The van der Waals surface area contributed by atoms with Gasteiger partial charge in [-0.25, -0.2) is 4.39 Å². The third-order valence-electron chi connectivity index (χ3n) is 3.06. The highest BCUT2D eigenvalue weighted by atomic mass is 35.5. The number of hydrogen-bond donors (Lipinski definition) is 0. The van der Waals surface area contributed by atoms with Crippen LogP contribution in [0, 0.1) is 5.82 Å². The Labute approximate surface area is 127 Å². The van der Waals surface area contributed by atoms with E-state index in [-0.39, 0.29) is 12.2 Å². The Morgan fingerprint density at radius 2 is 1.81 bits per heavy atom. The standard InChI is InChI=1S/C16H14ClFO3/c1-20-15-6-3-10(9-16(15)21-2)14(19)8-11-7-12(18)4-5-13(11)17/h3-7,9H,8H2,1-2H3. The molecular formula is C16H14ClFO3. The van der Waals surface area contributed by atoms with Crippen molar-refractivity contribution < 1.29 is 18.7 Å². The number of Topliss-reactive ketones (excluding diaryl/α,β-unsaturated/α-hetero) is 1. The van der Waals surface area contributed by atoms with Gasteiger partial charge < -0.3 is 9.47 Å². The molecule has 0 saturated carbocycles. The average molecular weight is 309 g/mol. The molecule has 0 saturated heterocycles. The Kier molecular flexibility index (Phi) is 4.81. The Hall–Kier alpha value is -2.07. The van der Waals surface area contributed by atoms with Crippen molar-refractivity contribution in [2.24, 2.45) is 0 Å². The number of rotatable bonds is 5. The van der Waals surface area contributed by atoms with Crippen LogP contribution in [-0.2, 0) is 6.42 Å². The molecule has 0 fully saturated rings. The molecule has 0 aliphatic carbocycles. The molecule has 0 unspecified atom stereocenters. The Morgan fingerprint density at radius 1 is 1.10 bits per heavy atom. The fourth-order valence-electron chi connectivity index (χ4n) is 1.96. The summed E-state index contributed by atoms with van der Waals surface area (Å²) in [6, 6.07) is 8.84. The van der Waals surface area contributed by atoms with Gasteiger partial charge in [-0.15, -0.1) is 0 Å². The third-order valence-corrected chi connectivity index (χ3v) is 3.43. The Bertz CT molecular complexity index is 671. The zero-order valence-electron chi connectivity index (χ0n) is 11.7. The molecule has 2 aromatic rings. The first kappa shape index (κ1) is 15.3. The quantitative estimate of drug-likeness (QED) is 0.785. The van der Waals surface area contributed by atoms with Crippen LogP contribution >= 0.6 is 11.6 Å². The van der Waals surface area contributed by atoms with Crippen LogP contribution in [0.5, 0.6) is 11.5 Å². The number of carbonyl (C=O) groups excluding carboxylic acids is 1. The molecule has 0 heterocycles. The molecule has 0 aromatic heterocycles. The number of benzene rings is 2. The molecule has 0 aliphatic rings. The number of halogens is 2. The van der Waals surface area contributed by atoms with Crippen LogP contribution in [0.15, 0.2) is 36.4 Å². The minimum Gasteiger partial charge on any atom is -0.493 e. The van der Waals surface area contributed by atoms with Gasteiger partial charge in [-0.1, -0.05) is 11.6 Å². The number of carbonyl (C=O) groups is 1. The molecule has 21 heavy (non-hydrogen) atoms. The van der Waals surface area contributed by atoms with E-state index in [1.54, 1.807) is 18.2 Å². The summed E-state index contributed by atoms with van der Waals surface area (Å²) in [5.74, 6) is 0.407. The third kappa shape index (κ3) is 3.52. The fraction of sp³-hybridized carbons (Fsp3) is 0.188. The van der Waals surface area contributed by atoms with Crippen LogP contribution in [0.1, 0.15) is 15.9 Å². The monoisotopic (exact) mass is 308 g/mol. The topological polar surface area (TPSA) is 35.5 Å². The van der Waals surface area contributed by atoms with Crippen molar-refractivity contribution in [3.63, 3.8) is 0 Å². The van der Waals surface area contributed by atoms with E-state index >= 15 is 0 Å². The van der Waals surface area contributed by atoms with Gasteiger partial charge in [0.2, 0.25) is 0 Å². The number of methoxy groups -OCH3 is 2. The Balaban J connectivity index is 2.26. The first-order valence-electron chi connectivity index (χ1n) is 6.24. The summed E-state index contributed by atoms with van der Waals surface area (Å²) in [6.45, 7) is 0. The van der Waals surface area contributed by atoms with E-state index < -0.39 is 5.82 Å². The van der Waals surface area contributed by atoms with Crippen molar-refractivity contribution >= 4 is 17.4 Å². The zero-order chi connectivity index (χ0) is 15.4. The van der Waals surface area contributed by atoms with Crippen molar-refractivity contribution in [1.82, 2.24) is 0 Å². The number of hydrogen-bond acceptors (Lipinski definition) is 3. The van der Waals surface area contributed by atoms with E-state index in [4.69, 9.17) is 21.1 Å². The highest BCUT2D eigenvalue weighted by Gasteiger charge is 2.13. The summed E-state index contributed by atoms with van der Waals surface area (Å²) in [5.41, 5.74) is 0.907. The minimum atomic E-state index is -0.422. The van der Waals surface area contributed by atoms with Gasteiger partial charge >= 0.3 is 0 Å². The van der Waals surface area contributed by atoms with Crippen LogP contribution in [0.3, 0.4) is 0 Å². The molecule has 110 valence electrons. The SMILES string of the molecule is COc1ccc(C(=O)Cc2cc(F)ccc2Cl)cc1OC. The van der Waals surface area contributed by atoms with Crippen molar-refractivity contribution in [3.8, 4) is 11.5 Å². The molecule has 0 N–H and O–H groups in total. The van der Waals surface area contributed by atoms with Gasteiger partial charge in [-0.3, -0.25) is 4.79 Å². The van der Waals surface area contributed by atoms with E-state index in [0.717, 1.165) is 0 Å². The summed E-state index contributed by atoms with van der Waals surface area (Å²) in [7, 11) is 3.02. The first-order chi connectivity index (χ1) is 10.0. The van der Waals surface area contributed by atoms with Crippen LogP contribution in [0.2, 0.25) is 5.02 Å². The van der Waals surface area contributed by atoms with Crippen molar-refractivity contribution in [2.45, 2.75) is 6.42 Å². The molecule has 0 radical (unpaired) electrons. The van der Waals surface area contributed by atoms with Crippen molar-refractivity contribution in [3.05, 3.63) is 58.4 Å². The summed E-state index contributed by atoms with van der Waals surface area (Å²) in [6.07, 6.45) is 0.0199. The molecule has 0 bridgehead atoms. The van der Waals surface area contributed by atoms with Crippen LogP contribution < -0.4 is 9.47 Å². The van der Waals surface area contributed by atoms with Gasteiger partial charge in [-0.05, 0) is 42.0 Å². The lowest BCUT2D eigenvalue weighted by Gasteiger charge is -2.09. The zero-order valence-corrected chi connectivity index (χ0v) is 12.4. The molecule has 0 spiro atoms. The number of ether oxygens (including phenoxy) is 2. The number of ketones is 1. The molecule has 5 heteroatoms. The maximum atomic E-state index is 13.2. The highest BCUT2D eigenvalue weighted by Crippen LogP contribution is 2.28. The molecule has 3 nitrogen and oxygen atoms in total. The summed E-state index contributed by atoms with van der Waals surface area (Å²) in [5, 5.41) is 0.366. The predicted molar refractivity (Wildman–Crippen MR) is 79.0 cm³/mol. The van der Waals surface area contributed by atoms with Gasteiger partial charge in [0, 0.05) is 17.0 Å². The van der Waals surface area contributed by atoms with Crippen LogP contribution in [0.25, 0.3) is 0 Å². The van der Waals surface area contributed by atoms with E-state index in [0.29, 0.717) is 27.6 Å². The van der Waals surface area contributed by atoms with E-state index in [2.05, 4.69) is 0 Å². The van der Waals surface area contributed by atoms with Crippen molar-refractivity contribution in [1.29, 1.82) is 0 Å². The van der Waals surface area contributed by atoms with Crippen molar-refractivity contribution in [2.75, 3.05) is 14.2 Å². The Morgan fingerprint density at radius 3 is 2.48 bits per heavy atom. The first-order valence-corrected chi connectivity index (χ1v) is 6.62. The molecule has 2 aromatic carbocycles. The van der Waals surface area contributed by atoms with Crippen LogP contribution in [0.4, 0.5) is 4.39 Å². The maximum Gasteiger partial charge on any atom is 0.167 e. The largest absolute Gasteiger partial charge is 0.493 e. The molecule has 0 atom stereocenters. The smallest absolute Gasteiger partial charge is 0.167 e. The molecule has 0 amide bonds.